The van der Waals surface area contributed by atoms with Gasteiger partial charge in [0.25, 0.3) is 0 Å². The summed E-state index contributed by atoms with van der Waals surface area (Å²) >= 11 is 0. The van der Waals surface area contributed by atoms with Crippen LogP contribution < -0.4 is 10.6 Å². The summed E-state index contributed by atoms with van der Waals surface area (Å²) in [5.74, 6) is 0.825. The minimum Gasteiger partial charge on any atom is -0.355 e. The molecule has 1 saturated heterocycles. The van der Waals surface area contributed by atoms with Gasteiger partial charge in [-0.05, 0) is 43.7 Å². The number of carbonyl (C=O) groups excluding carboxylic acids is 2. The minimum atomic E-state index is 0.00912. The zero-order valence-corrected chi connectivity index (χ0v) is 16.3. The van der Waals surface area contributed by atoms with Crippen LogP contribution in [-0.2, 0) is 16.1 Å². The van der Waals surface area contributed by atoms with E-state index >= 15 is 0 Å². The fourth-order valence-corrected chi connectivity index (χ4v) is 4.12. The number of nitrogens with zero attached hydrogens (tertiary/aromatic N) is 4. The second kappa shape index (κ2) is 8.26. The fraction of sp³-hybridized carbons (Fsp3) is 0.600. The van der Waals surface area contributed by atoms with Gasteiger partial charge in [0.15, 0.2) is 5.65 Å². The Hall–Kier alpha value is -2.48. The number of amides is 2. The van der Waals surface area contributed by atoms with E-state index in [4.69, 9.17) is 0 Å². The summed E-state index contributed by atoms with van der Waals surface area (Å²) in [5, 5.41) is 10.2. The van der Waals surface area contributed by atoms with Crippen molar-refractivity contribution in [3.63, 3.8) is 0 Å². The van der Waals surface area contributed by atoms with E-state index in [1.807, 2.05) is 18.2 Å². The average Bonchev–Trinajstić information content (AvgIpc) is 3.22. The highest BCUT2D eigenvalue weighted by Gasteiger charge is 2.37. The predicted octanol–water partition coefficient (Wildman–Crippen LogP) is 1.11. The van der Waals surface area contributed by atoms with Gasteiger partial charge in [-0.25, -0.2) is 9.50 Å². The Labute approximate surface area is 164 Å². The summed E-state index contributed by atoms with van der Waals surface area (Å²) in [6.07, 6.45) is 6.61. The van der Waals surface area contributed by atoms with Crippen molar-refractivity contribution in [2.24, 2.45) is 5.92 Å². The largest absolute Gasteiger partial charge is 0.355 e. The van der Waals surface area contributed by atoms with Gasteiger partial charge in [0.2, 0.25) is 11.8 Å². The van der Waals surface area contributed by atoms with E-state index in [-0.39, 0.29) is 17.9 Å². The zero-order chi connectivity index (χ0) is 19.5. The summed E-state index contributed by atoms with van der Waals surface area (Å²) in [4.78, 5) is 30.5. The molecule has 1 saturated carbocycles. The van der Waals surface area contributed by atoms with Crippen LogP contribution in [0.1, 0.15) is 44.7 Å². The summed E-state index contributed by atoms with van der Waals surface area (Å²) in [6.45, 7) is 3.71. The topological polar surface area (TPSA) is 91.6 Å². The first-order valence-corrected chi connectivity index (χ1v) is 10.1. The molecule has 0 aromatic carbocycles. The van der Waals surface area contributed by atoms with Gasteiger partial charge in [-0.15, -0.1) is 0 Å². The lowest BCUT2D eigenvalue weighted by Gasteiger charge is -2.30. The molecule has 150 valence electrons. The molecule has 0 radical (unpaired) electrons. The number of pyridine rings is 1. The summed E-state index contributed by atoms with van der Waals surface area (Å²) in [6, 6.07) is 6.35. The zero-order valence-electron chi connectivity index (χ0n) is 16.3. The van der Waals surface area contributed by atoms with E-state index in [1.54, 1.807) is 11.4 Å². The van der Waals surface area contributed by atoms with Gasteiger partial charge in [0.05, 0.1) is 12.2 Å². The van der Waals surface area contributed by atoms with Gasteiger partial charge in [-0.1, -0.05) is 6.07 Å². The third kappa shape index (κ3) is 4.49. The van der Waals surface area contributed by atoms with Crippen molar-refractivity contribution < 1.29 is 9.59 Å². The van der Waals surface area contributed by atoms with Gasteiger partial charge >= 0.3 is 0 Å². The number of likely N-dealkylation sites (tertiary alicyclic amines) is 1. The van der Waals surface area contributed by atoms with E-state index < -0.39 is 0 Å². The lowest BCUT2D eigenvalue weighted by atomic mass is 10.1. The molecule has 2 aromatic heterocycles. The van der Waals surface area contributed by atoms with Gasteiger partial charge in [-0.3, -0.25) is 14.5 Å². The number of carbonyl (C=O) groups is 2. The van der Waals surface area contributed by atoms with Crippen LogP contribution in [0.3, 0.4) is 0 Å². The average molecular weight is 384 g/mol. The van der Waals surface area contributed by atoms with Crippen LogP contribution in [0.2, 0.25) is 0 Å². The molecule has 4 rings (SSSR count). The Balaban J connectivity index is 1.33. The molecule has 0 unspecified atom stereocenters. The third-order valence-electron chi connectivity index (χ3n) is 5.79. The van der Waals surface area contributed by atoms with Gasteiger partial charge in [-0.2, -0.15) is 5.10 Å². The molecule has 3 heterocycles. The molecular weight excluding hydrogens is 356 g/mol. The second-order valence-electron chi connectivity index (χ2n) is 7.99. The Bertz CT molecular complexity index is 846. The molecule has 28 heavy (non-hydrogen) atoms. The van der Waals surface area contributed by atoms with Crippen molar-refractivity contribution in [2.75, 3.05) is 13.1 Å². The molecule has 0 spiro atoms. The number of hydrogen-bond donors (Lipinski definition) is 2. The normalized spacial score (nSPS) is 22.5. The van der Waals surface area contributed by atoms with Crippen molar-refractivity contribution >= 4 is 17.5 Å². The quantitative estimate of drug-likeness (QED) is 0.712. The molecular formula is C20H28N6O2. The summed E-state index contributed by atoms with van der Waals surface area (Å²) in [5.41, 5.74) is 1.69. The highest BCUT2D eigenvalue weighted by atomic mass is 16.2. The number of aromatic nitrogens is 3. The molecule has 2 amide bonds. The monoisotopic (exact) mass is 384 g/mol. The Morgan fingerprint density at radius 1 is 1.14 bits per heavy atom. The van der Waals surface area contributed by atoms with Crippen LogP contribution in [0.5, 0.6) is 0 Å². The maximum absolute atomic E-state index is 12.6. The van der Waals surface area contributed by atoms with Crippen molar-refractivity contribution in [3.8, 4) is 0 Å². The van der Waals surface area contributed by atoms with Crippen molar-refractivity contribution in [1.29, 1.82) is 0 Å². The first kappa shape index (κ1) is 18.9. The van der Waals surface area contributed by atoms with Crippen LogP contribution in [0.25, 0.3) is 5.65 Å². The molecule has 1 aliphatic carbocycles. The molecule has 1 aliphatic heterocycles. The first-order valence-electron chi connectivity index (χ1n) is 10.1. The highest BCUT2D eigenvalue weighted by molar-refractivity contribution is 5.76. The van der Waals surface area contributed by atoms with Crippen molar-refractivity contribution in [2.45, 2.75) is 57.7 Å². The van der Waals surface area contributed by atoms with Crippen molar-refractivity contribution in [3.05, 3.63) is 30.2 Å². The molecule has 8 nitrogen and oxygen atoms in total. The maximum atomic E-state index is 12.6. The predicted molar refractivity (Wildman–Crippen MR) is 104 cm³/mol. The van der Waals surface area contributed by atoms with Crippen LogP contribution in [0.4, 0.5) is 0 Å². The molecule has 8 heteroatoms. The van der Waals surface area contributed by atoms with E-state index in [2.05, 4.69) is 25.6 Å². The molecule has 2 aliphatic rings. The minimum absolute atomic E-state index is 0.00912. The SMILES string of the molecule is CC(=O)NC[C@@H]1CC[C@H](CC(=O)NCc2cccc3ncnn23)N1CC1CC1. The number of nitrogens with one attached hydrogen (secondary N) is 2. The highest BCUT2D eigenvalue weighted by Crippen LogP contribution is 2.35. The number of hydrogen-bond acceptors (Lipinski definition) is 5. The third-order valence-corrected chi connectivity index (χ3v) is 5.79. The lowest BCUT2D eigenvalue weighted by Crippen LogP contribution is -2.45. The molecule has 2 fully saturated rings. The number of fused-ring (bicyclic) bond motifs is 1. The standard InChI is InChI=1S/C20H28N6O2/c1-14(27)21-10-17-8-7-16(25(17)12-15-5-6-15)9-20(28)22-11-18-3-2-4-19-23-13-24-26(18)19/h2-4,13,15-17H,5-12H2,1H3,(H,21,27)(H,22,28)/t16-,17+/m1/s1. The van der Waals surface area contributed by atoms with Gasteiger partial charge in [0, 0.05) is 38.5 Å². The maximum Gasteiger partial charge on any atom is 0.221 e. The van der Waals surface area contributed by atoms with Crippen LogP contribution in [-0.4, -0.2) is 56.5 Å². The Morgan fingerprint density at radius 2 is 1.96 bits per heavy atom. The Kier molecular flexibility index (Phi) is 5.57. The van der Waals surface area contributed by atoms with Gasteiger partial charge < -0.3 is 10.6 Å². The van der Waals surface area contributed by atoms with Crippen LogP contribution in [0, 0.1) is 5.92 Å². The van der Waals surface area contributed by atoms with E-state index in [9.17, 15) is 9.59 Å². The molecule has 2 aromatic rings. The molecule has 2 N–H and O–H groups in total. The number of rotatable bonds is 8. The Morgan fingerprint density at radius 3 is 2.75 bits per heavy atom. The van der Waals surface area contributed by atoms with Crippen LogP contribution >= 0.6 is 0 Å². The van der Waals surface area contributed by atoms with Gasteiger partial charge in [0.1, 0.15) is 6.33 Å². The smallest absolute Gasteiger partial charge is 0.221 e. The summed E-state index contributed by atoms with van der Waals surface area (Å²) in [7, 11) is 0. The van der Waals surface area contributed by atoms with E-state index in [1.165, 1.54) is 19.2 Å². The molecule has 0 bridgehead atoms. The second-order valence-corrected chi connectivity index (χ2v) is 7.99. The van der Waals surface area contributed by atoms with E-state index in [0.29, 0.717) is 25.6 Å². The van der Waals surface area contributed by atoms with E-state index in [0.717, 1.165) is 36.6 Å². The van der Waals surface area contributed by atoms with Crippen LogP contribution in [0.15, 0.2) is 24.5 Å². The summed E-state index contributed by atoms with van der Waals surface area (Å²) < 4.78 is 1.75. The lowest BCUT2D eigenvalue weighted by molar-refractivity contribution is -0.123. The molecule has 2 atom stereocenters. The fourth-order valence-electron chi connectivity index (χ4n) is 4.12. The van der Waals surface area contributed by atoms with Crippen molar-refractivity contribution in [1.82, 2.24) is 30.1 Å². The first-order chi connectivity index (χ1) is 13.6.